The molecule has 0 aliphatic carbocycles. The second kappa shape index (κ2) is 19.1. The Morgan fingerprint density at radius 3 is 1.85 bits per heavy atom. The number of hydrogen-bond donors (Lipinski definition) is 0. The van der Waals surface area contributed by atoms with E-state index in [9.17, 15) is 9.59 Å². The fourth-order valence-corrected chi connectivity index (χ4v) is 13.6. The number of likely N-dealkylation sites (tertiary alicyclic amines) is 1. The van der Waals surface area contributed by atoms with Crippen LogP contribution in [0.15, 0.2) is 128 Å². The minimum atomic E-state index is -3.21. The zero-order chi connectivity index (χ0) is 43.1. The first-order valence-corrected chi connectivity index (χ1v) is 25.2. The van der Waals surface area contributed by atoms with Crippen LogP contribution in [0.1, 0.15) is 44.5 Å². The van der Waals surface area contributed by atoms with Crippen molar-refractivity contribution in [3.05, 3.63) is 133 Å². The number of ether oxygens (including phenoxy) is 3. The van der Waals surface area contributed by atoms with Gasteiger partial charge in [0.05, 0.1) is 31.3 Å². The van der Waals surface area contributed by atoms with Gasteiger partial charge in [-0.25, -0.2) is 4.79 Å². The Labute approximate surface area is 355 Å². The van der Waals surface area contributed by atoms with Gasteiger partial charge < -0.3 is 28.4 Å². The van der Waals surface area contributed by atoms with Crippen molar-refractivity contribution in [3.63, 3.8) is 0 Å². The summed E-state index contributed by atoms with van der Waals surface area (Å²) in [5, 5.41) is 2.41. The number of carbonyl (C=O) groups is 4. The molecule has 2 amide bonds. The van der Waals surface area contributed by atoms with E-state index in [0.29, 0.717) is 37.6 Å². The Balaban J connectivity index is 1.48. The smallest absolute Gasteiger partial charge is 0.356 e. The summed E-state index contributed by atoms with van der Waals surface area (Å²) in [5.41, 5.74) is 0.601. The van der Waals surface area contributed by atoms with Gasteiger partial charge in [-0.2, -0.15) is 0 Å². The predicted octanol–water partition coefficient (Wildman–Crippen LogP) is 6.59. The maximum absolute atomic E-state index is 15.2. The quantitative estimate of drug-likeness (QED) is 0.0311. The van der Waals surface area contributed by atoms with Gasteiger partial charge in [-0.3, -0.25) is 14.4 Å². The van der Waals surface area contributed by atoms with Crippen LogP contribution < -0.4 is 20.7 Å². The first kappa shape index (κ1) is 44.5. The molecule has 4 aromatic rings. The summed E-state index contributed by atoms with van der Waals surface area (Å²) in [6, 6.07) is 35.3. The van der Waals surface area contributed by atoms with Crippen molar-refractivity contribution in [1.82, 2.24) is 9.80 Å². The monoisotopic (exact) mass is 848 g/mol. The van der Waals surface area contributed by atoms with Gasteiger partial charge >= 0.3 is 5.97 Å². The number of β-lactam (4-membered cyclic amide) rings is 1. The van der Waals surface area contributed by atoms with Crippen LogP contribution in [-0.2, 0) is 28.3 Å². The number of ketones is 1. The largest absolute Gasteiger partial charge is 0.484 e. The van der Waals surface area contributed by atoms with E-state index >= 15 is 9.59 Å². The Hall–Kier alpha value is -5.06. The lowest BCUT2D eigenvalue weighted by molar-refractivity contribution is -0.156. The van der Waals surface area contributed by atoms with E-state index in [0.717, 1.165) is 15.9 Å². The van der Waals surface area contributed by atoms with Crippen molar-refractivity contribution in [2.24, 2.45) is 5.92 Å². The van der Waals surface area contributed by atoms with E-state index in [-0.39, 0.29) is 47.7 Å². The molecule has 6 rings (SSSR count). The van der Waals surface area contributed by atoms with Gasteiger partial charge in [-0.05, 0) is 65.2 Å². The summed E-state index contributed by atoms with van der Waals surface area (Å²) >= 11 is 0. The van der Waals surface area contributed by atoms with Gasteiger partial charge in [0.2, 0.25) is 5.91 Å². The minimum absolute atomic E-state index is 0.0763. The van der Waals surface area contributed by atoms with Gasteiger partial charge in [-0.1, -0.05) is 124 Å². The standard InChI is InChI=1S/C48H57N2O8PSi/c1-8-30-56-47(54)46(59(38-18-12-9-13-19-38,39-20-14-10-15-21-39)40-22-16-11-17-23-40)50-41(44(45(50)53)35(2)58-60(6,7)48(3,4)5)33-42(51)36-24-26-37(27-25-36)57-34-43(52)49-28-31-55-32-29-49/h8-27,35,41,44H,1,28-34H2,2-7H3/t35-,41-,44-/m1/s1. The number of morpholine rings is 1. The Morgan fingerprint density at radius 1 is 0.850 bits per heavy atom. The molecule has 2 aliphatic heterocycles. The molecule has 2 saturated heterocycles. The van der Waals surface area contributed by atoms with Crippen molar-refractivity contribution in [1.29, 1.82) is 0 Å². The van der Waals surface area contributed by atoms with E-state index in [1.165, 1.54) is 6.08 Å². The van der Waals surface area contributed by atoms with Crippen LogP contribution in [0.2, 0.25) is 18.1 Å². The summed E-state index contributed by atoms with van der Waals surface area (Å²) < 4.78 is 24.0. The number of hydrogen-bond acceptors (Lipinski definition) is 8. The number of nitrogens with zero attached hydrogens (tertiary/aromatic N) is 2. The lowest BCUT2D eigenvalue weighted by atomic mass is 9.79. The zero-order valence-electron chi connectivity index (χ0n) is 35.5. The van der Waals surface area contributed by atoms with E-state index in [1.54, 1.807) is 34.1 Å². The topological polar surface area (TPSA) is 112 Å². The molecule has 2 heterocycles. The molecular formula is C48H57N2O8PSi. The minimum Gasteiger partial charge on any atom is -0.484 e. The zero-order valence-corrected chi connectivity index (χ0v) is 37.4. The fraction of sp³-hybridized carbons (Fsp3) is 0.354. The summed E-state index contributed by atoms with van der Waals surface area (Å²) in [4.78, 5) is 60.7. The van der Waals surface area contributed by atoms with Crippen LogP contribution in [0, 0.1) is 5.92 Å². The molecule has 12 heteroatoms. The van der Waals surface area contributed by atoms with Crippen LogP contribution in [0.4, 0.5) is 0 Å². The van der Waals surface area contributed by atoms with Crippen molar-refractivity contribution in [2.45, 2.75) is 64.4 Å². The van der Waals surface area contributed by atoms with E-state index < -0.39 is 39.2 Å². The second-order valence-corrected chi connectivity index (χ2v) is 24.8. The number of amides is 2. The molecule has 3 atom stereocenters. The van der Waals surface area contributed by atoms with E-state index in [2.05, 4.69) is 40.4 Å². The van der Waals surface area contributed by atoms with Crippen molar-refractivity contribution in [3.8, 4) is 5.75 Å². The molecule has 0 saturated carbocycles. The van der Waals surface area contributed by atoms with E-state index in [1.807, 2.05) is 97.9 Å². The molecule has 4 aromatic carbocycles. The number of esters is 1. The van der Waals surface area contributed by atoms with E-state index in [4.69, 9.17) is 18.6 Å². The highest BCUT2D eigenvalue weighted by molar-refractivity contribution is 7.96. The first-order chi connectivity index (χ1) is 28.7. The van der Waals surface area contributed by atoms with Crippen LogP contribution in [0.3, 0.4) is 0 Å². The lowest BCUT2D eigenvalue weighted by Crippen LogP contribution is -2.69. The van der Waals surface area contributed by atoms with Crippen molar-refractivity contribution < 1.29 is 37.8 Å². The highest BCUT2D eigenvalue weighted by atomic mass is 31.2. The van der Waals surface area contributed by atoms with Crippen LogP contribution in [0.5, 0.6) is 5.75 Å². The Bertz CT molecular complexity index is 2100. The third-order valence-electron chi connectivity index (χ3n) is 11.8. The number of Topliss-reactive ketones (excluding diaryl/α,β-unsaturated/α-hetero) is 1. The SMILES string of the molecule is C=CCOC(=O)C(N1C(=O)[C@H]([C@@H](C)O[Si](C)(C)C(C)(C)C)[C@H]1CC(=O)c1ccc(OCC(=O)N2CCOCC2)cc1)=P(c1ccccc1)(c1ccccc1)c1ccccc1. The highest BCUT2D eigenvalue weighted by Gasteiger charge is 2.57. The highest BCUT2D eigenvalue weighted by Crippen LogP contribution is 2.51. The van der Waals surface area contributed by atoms with Crippen LogP contribution in [0.25, 0.3) is 0 Å². The maximum atomic E-state index is 15.2. The summed E-state index contributed by atoms with van der Waals surface area (Å²) in [6.07, 6.45) is 0.857. The van der Waals surface area contributed by atoms with Gasteiger partial charge in [0.1, 0.15) is 17.8 Å². The predicted molar refractivity (Wildman–Crippen MR) is 241 cm³/mol. The lowest BCUT2D eigenvalue weighted by Gasteiger charge is -2.53. The second-order valence-electron chi connectivity index (χ2n) is 16.7. The summed E-state index contributed by atoms with van der Waals surface area (Å²) in [7, 11) is -2.40. The van der Waals surface area contributed by atoms with Crippen LogP contribution in [-0.4, -0.2) is 98.8 Å². The summed E-state index contributed by atoms with van der Waals surface area (Å²) in [6.45, 7) is 15.1. The van der Waals surface area contributed by atoms with Crippen molar-refractivity contribution in [2.75, 3.05) is 39.5 Å². The van der Waals surface area contributed by atoms with Gasteiger partial charge in [0.25, 0.3) is 5.91 Å². The molecule has 0 radical (unpaired) electrons. The molecule has 0 aromatic heterocycles. The van der Waals surface area contributed by atoms with Crippen molar-refractivity contribution >= 4 is 60.1 Å². The maximum Gasteiger partial charge on any atom is 0.356 e. The number of rotatable bonds is 16. The van der Waals surface area contributed by atoms with Gasteiger partial charge in [0.15, 0.2) is 20.7 Å². The normalized spacial score (nSPS) is 17.6. The summed E-state index contributed by atoms with van der Waals surface area (Å²) in [5.74, 6) is -1.59. The Kier molecular flexibility index (Phi) is 14.2. The average Bonchev–Trinajstić information content (AvgIpc) is 3.25. The molecule has 316 valence electrons. The molecule has 2 fully saturated rings. The third kappa shape index (κ3) is 9.30. The molecule has 2 aliphatic rings. The molecule has 0 N–H and O–H groups in total. The third-order valence-corrected chi connectivity index (χ3v) is 20.7. The number of benzene rings is 4. The molecule has 10 nitrogen and oxygen atoms in total. The molecular weight excluding hydrogens is 792 g/mol. The van der Waals surface area contributed by atoms with Gasteiger partial charge in [-0.15, -0.1) is 0 Å². The molecule has 0 unspecified atom stereocenters. The molecule has 0 bridgehead atoms. The molecule has 0 spiro atoms. The number of carbonyl (C=O) groups excluding carboxylic acids is 4. The fourth-order valence-electron chi connectivity index (χ4n) is 7.73. The van der Waals surface area contributed by atoms with Crippen LogP contribution >= 0.6 is 6.89 Å². The molecule has 60 heavy (non-hydrogen) atoms. The first-order valence-electron chi connectivity index (χ1n) is 20.5. The average molecular weight is 849 g/mol. The van der Waals surface area contributed by atoms with Gasteiger partial charge in [0, 0.05) is 32.0 Å². The Morgan fingerprint density at radius 2 is 1.37 bits per heavy atom.